The van der Waals surface area contributed by atoms with E-state index in [9.17, 15) is 5.11 Å². The van der Waals surface area contributed by atoms with E-state index in [0.29, 0.717) is 6.42 Å². The summed E-state index contributed by atoms with van der Waals surface area (Å²) in [5.41, 5.74) is 2.40. The maximum atomic E-state index is 9.36. The summed E-state index contributed by atoms with van der Waals surface area (Å²) in [6.45, 7) is 0.0292. The number of fused-ring (bicyclic) bond motifs is 1. The fraction of sp³-hybridized carbons (Fsp3) is 0.143. The fourth-order valence-electron chi connectivity index (χ4n) is 2.10. The minimum atomic E-state index is 0.0292. The number of hydrogen-bond donors (Lipinski definition) is 2. The smallest absolute Gasteiger partial charge is 0.164 e. The molecule has 2 heterocycles. The summed E-state index contributed by atoms with van der Waals surface area (Å²) in [6.07, 6.45) is 2.17. The maximum absolute atomic E-state index is 9.36. The number of aromatic nitrogens is 3. The molecule has 0 fully saturated rings. The van der Waals surface area contributed by atoms with Crippen LogP contribution in [0.5, 0.6) is 5.75 Å². The molecule has 0 bridgehead atoms. The van der Waals surface area contributed by atoms with Crippen LogP contribution in [-0.4, -0.2) is 31.4 Å². The van der Waals surface area contributed by atoms with Gasteiger partial charge in [0.15, 0.2) is 5.65 Å². The second kappa shape index (κ2) is 4.70. The van der Waals surface area contributed by atoms with Gasteiger partial charge in [-0.05, 0) is 36.4 Å². The van der Waals surface area contributed by atoms with E-state index in [2.05, 4.69) is 9.97 Å². The first-order valence-electron chi connectivity index (χ1n) is 6.02. The van der Waals surface area contributed by atoms with Crippen molar-refractivity contribution >= 4 is 11.2 Å². The van der Waals surface area contributed by atoms with Gasteiger partial charge in [0.1, 0.15) is 17.1 Å². The molecule has 0 unspecified atom stereocenters. The Hall–Kier alpha value is -2.40. The molecule has 19 heavy (non-hydrogen) atoms. The second-order valence-electron chi connectivity index (χ2n) is 4.20. The van der Waals surface area contributed by atoms with Crippen molar-refractivity contribution in [3.8, 4) is 11.4 Å². The first-order valence-corrected chi connectivity index (χ1v) is 6.02. The molecule has 2 aromatic heterocycles. The standard InChI is InChI=1S/C14H13N3O2/c18-9-7-13-16-12-2-1-8-15-14(12)17(13)10-3-5-11(19)6-4-10/h1-6,8,18-19H,7,9H2. The van der Waals surface area contributed by atoms with Gasteiger partial charge >= 0.3 is 0 Å². The monoisotopic (exact) mass is 255 g/mol. The molecule has 5 nitrogen and oxygen atoms in total. The summed E-state index contributed by atoms with van der Waals surface area (Å²) in [5, 5.41) is 18.5. The molecule has 2 N–H and O–H groups in total. The first-order chi connectivity index (χ1) is 9.29. The number of rotatable bonds is 3. The molecule has 3 rings (SSSR count). The number of phenolic OH excluding ortho intramolecular Hbond substituents is 1. The predicted octanol–water partition coefficient (Wildman–Crippen LogP) is 1.66. The zero-order chi connectivity index (χ0) is 13.2. The molecule has 0 aliphatic rings. The Morgan fingerprint density at radius 2 is 1.89 bits per heavy atom. The van der Waals surface area contributed by atoms with Crippen molar-refractivity contribution in [2.45, 2.75) is 6.42 Å². The molecule has 1 aromatic carbocycles. The topological polar surface area (TPSA) is 71.2 Å². The van der Waals surface area contributed by atoms with Crippen LogP contribution in [0.25, 0.3) is 16.9 Å². The number of nitrogens with zero attached hydrogens (tertiary/aromatic N) is 3. The van der Waals surface area contributed by atoms with E-state index >= 15 is 0 Å². The Morgan fingerprint density at radius 1 is 1.11 bits per heavy atom. The van der Waals surface area contributed by atoms with Crippen LogP contribution in [0.4, 0.5) is 0 Å². The van der Waals surface area contributed by atoms with Crippen molar-refractivity contribution in [2.24, 2.45) is 0 Å². The summed E-state index contributed by atoms with van der Waals surface area (Å²) in [5.74, 6) is 0.965. The summed E-state index contributed by atoms with van der Waals surface area (Å²) >= 11 is 0. The van der Waals surface area contributed by atoms with Crippen LogP contribution in [0, 0.1) is 0 Å². The van der Waals surface area contributed by atoms with Crippen molar-refractivity contribution in [2.75, 3.05) is 6.61 Å². The van der Waals surface area contributed by atoms with E-state index < -0.39 is 0 Å². The molecule has 96 valence electrons. The minimum Gasteiger partial charge on any atom is -0.508 e. The second-order valence-corrected chi connectivity index (χ2v) is 4.20. The van der Waals surface area contributed by atoms with Crippen molar-refractivity contribution in [1.82, 2.24) is 14.5 Å². The minimum absolute atomic E-state index is 0.0292. The SMILES string of the molecule is OCCc1nc2cccnc2n1-c1ccc(O)cc1. The Kier molecular flexibility index (Phi) is 2.89. The van der Waals surface area contributed by atoms with Crippen LogP contribution >= 0.6 is 0 Å². The quantitative estimate of drug-likeness (QED) is 0.746. The summed E-state index contributed by atoms with van der Waals surface area (Å²) in [4.78, 5) is 8.82. The number of phenols is 1. The lowest BCUT2D eigenvalue weighted by Gasteiger charge is -2.07. The highest BCUT2D eigenvalue weighted by Crippen LogP contribution is 2.21. The van der Waals surface area contributed by atoms with E-state index in [0.717, 1.165) is 22.7 Å². The first kappa shape index (κ1) is 11.7. The summed E-state index contributed by atoms with van der Waals surface area (Å²) < 4.78 is 1.89. The number of aliphatic hydroxyl groups excluding tert-OH is 1. The summed E-state index contributed by atoms with van der Waals surface area (Å²) in [7, 11) is 0. The molecule has 3 aromatic rings. The van der Waals surface area contributed by atoms with Crippen LogP contribution < -0.4 is 0 Å². The van der Waals surface area contributed by atoms with Gasteiger partial charge in [0.25, 0.3) is 0 Å². The Labute approximate surface area is 109 Å². The van der Waals surface area contributed by atoms with Gasteiger partial charge in [-0.3, -0.25) is 4.57 Å². The van der Waals surface area contributed by atoms with Crippen LogP contribution in [0.2, 0.25) is 0 Å². The van der Waals surface area contributed by atoms with Crippen LogP contribution in [-0.2, 0) is 6.42 Å². The largest absolute Gasteiger partial charge is 0.508 e. The van der Waals surface area contributed by atoms with Crippen molar-refractivity contribution in [3.05, 3.63) is 48.4 Å². The lowest BCUT2D eigenvalue weighted by molar-refractivity contribution is 0.296. The number of benzene rings is 1. The number of pyridine rings is 1. The Balaban J connectivity index is 2.24. The lowest BCUT2D eigenvalue weighted by atomic mass is 10.3. The Bertz CT molecular complexity index is 704. The van der Waals surface area contributed by atoms with E-state index in [1.807, 2.05) is 16.7 Å². The molecule has 0 aliphatic heterocycles. The molecule has 5 heteroatoms. The molecule has 0 saturated carbocycles. The average Bonchev–Trinajstić information content (AvgIpc) is 2.78. The van der Waals surface area contributed by atoms with Gasteiger partial charge in [-0.25, -0.2) is 9.97 Å². The highest BCUT2D eigenvalue weighted by atomic mass is 16.3. The van der Waals surface area contributed by atoms with E-state index in [1.54, 1.807) is 30.5 Å². The third kappa shape index (κ3) is 2.04. The predicted molar refractivity (Wildman–Crippen MR) is 71.3 cm³/mol. The van der Waals surface area contributed by atoms with Gasteiger partial charge in [-0.1, -0.05) is 0 Å². The normalized spacial score (nSPS) is 11.0. The molecule has 0 saturated heterocycles. The van der Waals surface area contributed by atoms with Gasteiger partial charge in [0.2, 0.25) is 0 Å². The van der Waals surface area contributed by atoms with E-state index in [-0.39, 0.29) is 12.4 Å². The molecule has 0 amide bonds. The third-order valence-electron chi connectivity index (χ3n) is 2.93. The summed E-state index contributed by atoms with van der Waals surface area (Å²) in [6, 6.07) is 10.6. The van der Waals surface area contributed by atoms with Crippen molar-refractivity contribution < 1.29 is 10.2 Å². The van der Waals surface area contributed by atoms with E-state index in [1.165, 1.54) is 0 Å². The molecule has 0 atom stereocenters. The highest BCUT2D eigenvalue weighted by molar-refractivity contribution is 5.73. The average molecular weight is 255 g/mol. The molecular weight excluding hydrogens is 242 g/mol. The van der Waals surface area contributed by atoms with Gasteiger partial charge in [-0.2, -0.15) is 0 Å². The number of hydrogen-bond acceptors (Lipinski definition) is 4. The van der Waals surface area contributed by atoms with Crippen molar-refractivity contribution in [3.63, 3.8) is 0 Å². The highest BCUT2D eigenvalue weighted by Gasteiger charge is 2.12. The Morgan fingerprint density at radius 3 is 2.63 bits per heavy atom. The lowest BCUT2D eigenvalue weighted by Crippen LogP contribution is -2.04. The van der Waals surface area contributed by atoms with E-state index in [4.69, 9.17) is 5.11 Å². The van der Waals surface area contributed by atoms with Crippen LogP contribution in [0.15, 0.2) is 42.6 Å². The molecule has 0 spiro atoms. The zero-order valence-corrected chi connectivity index (χ0v) is 10.2. The van der Waals surface area contributed by atoms with Crippen molar-refractivity contribution in [1.29, 1.82) is 0 Å². The van der Waals surface area contributed by atoms with Gasteiger partial charge < -0.3 is 10.2 Å². The molecular formula is C14H13N3O2. The number of aromatic hydroxyl groups is 1. The van der Waals surface area contributed by atoms with Crippen LogP contribution in [0.3, 0.4) is 0 Å². The van der Waals surface area contributed by atoms with Gasteiger partial charge in [0, 0.05) is 18.3 Å². The van der Waals surface area contributed by atoms with Gasteiger partial charge in [0.05, 0.1) is 6.61 Å². The molecule has 0 aliphatic carbocycles. The fourth-order valence-corrected chi connectivity index (χ4v) is 2.10. The number of aliphatic hydroxyl groups is 1. The van der Waals surface area contributed by atoms with Gasteiger partial charge in [-0.15, -0.1) is 0 Å². The third-order valence-corrected chi connectivity index (χ3v) is 2.93. The van der Waals surface area contributed by atoms with Crippen LogP contribution in [0.1, 0.15) is 5.82 Å². The number of imidazole rings is 1. The maximum Gasteiger partial charge on any atom is 0.164 e. The molecule has 0 radical (unpaired) electrons. The zero-order valence-electron chi connectivity index (χ0n) is 10.2.